The van der Waals surface area contributed by atoms with Crippen LogP contribution < -0.4 is 5.32 Å². The van der Waals surface area contributed by atoms with Gasteiger partial charge in [0.05, 0.1) is 5.56 Å². The first-order chi connectivity index (χ1) is 9.41. The largest absolute Gasteiger partial charge is 0.507 e. The maximum atomic E-state index is 11.9. The van der Waals surface area contributed by atoms with Gasteiger partial charge in [0.25, 0.3) is 5.91 Å². The molecule has 0 aliphatic carbocycles. The van der Waals surface area contributed by atoms with Crippen molar-refractivity contribution >= 4 is 17.5 Å². The number of benzene rings is 1. The van der Waals surface area contributed by atoms with Crippen molar-refractivity contribution in [3.63, 3.8) is 0 Å². The summed E-state index contributed by atoms with van der Waals surface area (Å²) in [7, 11) is 2.09. The lowest BCUT2D eigenvalue weighted by molar-refractivity contribution is 0.0950. The number of hydrogen-bond donors (Lipinski definition) is 2. The smallest absolute Gasteiger partial charge is 0.255 e. The van der Waals surface area contributed by atoms with Crippen molar-refractivity contribution in [1.82, 2.24) is 10.2 Å². The molecule has 0 heterocycles. The molecule has 2 N–H and O–H groups in total. The Morgan fingerprint density at radius 1 is 1.40 bits per heavy atom. The fourth-order valence-corrected chi connectivity index (χ4v) is 1.90. The number of unbranched alkanes of at least 4 members (excludes halogenated alkanes) is 1. The molecule has 0 saturated heterocycles. The lowest BCUT2D eigenvalue weighted by Gasteiger charge is -2.20. The zero-order valence-electron chi connectivity index (χ0n) is 12.3. The molecule has 4 nitrogen and oxygen atoms in total. The van der Waals surface area contributed by atoms with Gasteiger partial charge >= 0.3 is 0 Å². The number of carbonyl (C=O) groups excluding carboxylic acids is 1. The third-order valence-electron chi connectivity index (χ3n) is 3.31. The van der Waals surface area contributed by atoms with Gasteiger partial charge in [-0.15, -0.1) is 0 Å². The van der Waals surface area contributed by atoms with Gasteiger partial charge in [-0.1, -0.05) is 11.6 Å². The van der Waals surface area contributed by atoms with Gasteiger partial charge in [0, 0.05) is 17.6 Å². The predicted octanol–water partition coefficient (Wildman–Crippen LogP) is 2.90. The van der Waals surface area contributed by atoms with Crippen LogP contribution in [0.4, 0.5) is 0 Å². The van der Waals surface area contributed by atoms with Crippen molar-refractivity contribution in [2.75, 3.05) is 20.1 Å². The molecule has 0 saturated carbocycles. The number of halogens is 1. The SMILES string of the molecule is CC(C)N(C)CCCCNC(=O)c1cc(Cl)ccc1O. The molecular weight excluding hydrogens is 276 g/mol. The summed E-state index contributed by atoms with van der Waals surface area (Å²) in [6.07, 6.45) is 1.93. The van der Waals surface area contributed by atoms with Crippen LogP contribution in [0.25, 0.3) is 0 Å². The first-order valence-corrected chi connectivity index (χ1v) is 7.26. The Morgan fingerprint density at radius 3 is 2.75 bits per heavy atom. The average molecular weight is 299 g/mol. The Morgan fingerprint density at radius 2 is 2.10 bits per heavy atom. The monoisotopic (exact) mass is 298 g/mol. The normalized spacial score (nSPS) is 11.1. The van der Waals surface area contributed by atoms with E-state index in [1.165, 1.54) is 12.1 Å². The molecule has 0 aliphatic heterocycles. The fourth-order valence-electron chi connectivity index (χ4n) is 1.73. The summed E-state index contributed by atoms with van der Waals surface area (Å²) < 4.78 is 0. The highest BCUT2D eigenvalue weighted by Gasteiger charge is 2.11. The van der Waals surface area contributed by atoms with Gasteiger partial charge in [0.15, 0.2) is 0 Å². The highest BCUT2D eigenvalue weighted by atomic mass is 35.5. The summed E-state index contributed by atoms with van der Waals surface area (Å²) in [5.41, 5.74) is 0.219. The van der Waals surface area contributed by atoms with Crippen LogP contribution in [0, 0.1) is 0 Å². The summed E-state index contributed by atoms with van der Waals surface area (Å²) in [4.78, 5) is 14.2. The number of carbonyl (C=O) groups is 1. The fraction of sp³-hybridized carbons (Fsp3) is 0.533. The number of rotatable bonds is 7. The van der Waals surface area contributed by atoms with Crippen LogP contribution in [0.15, 0.2) is 18.2 Å². The number of phenolic OH excluding ortho intramolecular Hbond substituents is 1. The van der Waals surface area contributed by atoms with Crippen LogP contribution in [-0.2, 0) is 0 Å². The molecule has 0 spiro atoms. The number of nitrogens with zero attached hydrogens (tertiary/aromatic N) is 1. The van der Waals surface area contributed by atoms with Gasteiger partial charge < -0.3 is 15.3 Å². The molecule has 0 atom stereocenters. The molecule has 20 heavy (non-hydrogen) atoms. The van der Waals surface area contributed by atoms with Gasteiger partial charge in [-0.05, 0) is 58.5 Å². The van der Waals surface area contributed by atoms with E-state index < -0.39 is 0 Å². The van der Waals surface area contributed by atoms with Crippen LogP contribution >= 0.6 is 11.6 Å². The van der Waals surface area contributed by atoms with Gasteiger partial charge in [-0.25, -0.2) is 0 Å². The van der Waals surface area contributed by atoms with Crippen LogP contribution in [0.5, 0.6) is 5.75 Å². The highest BCUT2D eigenvalue weighted by molar-refractivity contribution is 6.31. The predicted molar refractivity (Wildman–Crippen MR) is 82.5 cm³/mol. The van der Waals surface area contributed by atoms with Crippen LogP contribution in [-0.4, -0.2) is 42.1 Å². The van der Waals surface area contributed by atoms with Crippen molar-refractivity contribution in [3.05, 3.63) is 28.8 Å². The van der Waals surface area contributed by atoms with E-state index in [-0.39, 0.29) is 17.2 Å². The third-order valence-corrected chi connectivity index (χ3v) is 3.54. The minimum Gasteiger partial charge on any atom is -0.507 e. The van der Waals surface area contributed by atoms with E-state index in [0.29, 0.717) is 17.6 Å². The van der Waals surface area contributed by atoms with E-state index in [4.69, 9.17) is 11.6 Å². The van der Waals surface area contributed by atoms with E-state index in [9.17, 15) is 9.90 Å². The number of phenols is 1. The van der Waals surface area contributed by atoms with E-state index in [0.717, 1.165) is 19.4 Å². The minimum absolute atomic E-state index is 0.0496. The minimum atomic E-state index is -0.290. The zero-order valence-corrected chi connectivity index (χ0v) is 13.1. The average Bonchev–Trinajstić information content (AvgIpc) is 2.40. The number of aromatic hydroxyl groups is 1. The van der Waals surface area contributed by atoms with E-state index >= 15 is 0 Å². The van der Waals surface area contributed by atoms with Gasteiger partial charge in [-0.2, -0.15) is 0 Å². The second-order valence-corrected chi connectivity index (χ2v) is 5.64. The Bertz CT molecular complexity index is 449. The third kappa shape index (κ3) is 5.39. The van der Waals surface area contributed by atoms with Gasteiger partial charge in [0.2, 0.25) is 0 Å². The Hall–Kier alpha value is -1.26. The molecule has 1 rings (SSSR count). The van der Waals surface area contributed by atoms with E-state index in [1.807, 2.05) is 0 Å². The number of nitrogens with one attached hydrogen (secondary N) is 1. The summed E-state index contributed by atoms with van der Waals surface area (Å²) in [5.74, 6) is -0.339. The molecule has 0 radical (unpaired) electrons. The van der Waals surface area contributed by atoms with Crippen molar-refractivity contribution < 1.29 is 9.90 Å². The van der Waals surface area contributed by atoms with Crippen molar-refractivity contribution in [2.24, 2.45) is 0 Å². The molecule has 1 amide bonds. The maximum absolute atomic E-state index is 11.9. The molecule has 0 fully saturated rings. The van der Waals surface area contributed by atoms with Gasteiger partial charge in [0.1, 0.15) is 5.75 Å². The Balaban J connectivity index is 2.32. The van der Waals surface area contributed by atoms with Crippen molar-refractivity contribution in [2.45, 2.75) is 32.7 Å². The van der Waals surface area contributed by atoms with Crippen LogP contribution in [0.1, 0.15) is 37.0 Å². The Labute approximate surface area is 125 Å². The second-order valence-electron chi connectivity index (χ2n) is 5.20. The summed E-state index contributed by atoms with van der Waals surface area (Å²) in [6.45, 7) is 5.92. The van der Waals surface area contributed by atoms with Crippen molar-refractivity contribution in [1.29, 1.82) is 0 Å². The topological polar surface area (TPSA) is 52.6 Å². The number of amides is 1. The molecule has 0 unspecified atom stereocenters. The zero-order chi connectivity index (χ0) is 15.1. The molecule has 112 valence electrons. The van der Waals surface area contributed by atoms with Crippen LogP contribution in [0.3, 0.4) is 0 Å². The molecule has 0 bridgehead atoms. The first kappa shape index (κ1) is 16.8. The molecule has 5 heteroatoms. The molecule has 0 aliphatic rings. The van der Waals surface area contributed by atoms with Gasteiger partial charge in [-0.3, -0.25) is 4.79 Å². The maximum Gasteiger partial charge on any atom is 0.255 e. The second kappa shape index (κ2) is 8.12. The standard InChI is InChI=1S/C15H23ClN2O2/c1-11(2)18(3)9-5-4-8-17-15(20)13-10-12(16)6-7-14(13)19/h6-7,10-11,19H,4-5,8-9H2,1-3H3,(H,17,20). The van der Waals surface area contributed by atoms with Crippen molar-refractivity contribution in [3.8, 4) is 5.75 Å². The van der Waals surface area contributed by atoms with E-state index in [1.54, 1.807) is 6.07 Å². The molecule has 1 aromatic carbocycles. The first-order valence-electron chi connectivity index (χ1n) is 6.88. The highest BCUT2D eigenvalue weighted by Crippen LogP contribution is 2.21. The Kier molecular flexibility index (Phi) is 6.82. The quantitative estimate of drug-likeness (QED) is 0.761. The molecular formula is C15H23ClN2O2. The summed E-state index contributed by atoms with van der Waals surface area (Å²) >= 11 is 5.81. The van der Waals surface area contributed by atoms with Crippen LogP contribution in [0.2, 0.25) is 5.02 Å². The lowest BCUT2D eigenvalue weighted by Crippen LogP contribution is -2.29. The lowest BCUT2D eigenvalue weighted by atomic mass is 10.2. The number of hydrogen-bond acceptors (Lipinski definition) is 3. The van der Waals surface area contributed by atoms with E-state index in [2.05, 4.69) is 31.1 Å². The molecule has 0 aromatic heterocycles. The summed E-state index contributed by atoms with van der Waals surface area (Å²) in [5, 5.41) is 12.8. The molecule has 1 aromatic rings. The summed E-state index contributed by atoms with van der Waals surface area (Å²) in [6, 6.07) is 4.98.